The van der Waals surface area contributed by atoms with Crippen LogP contribution in [0.4, 0.5) is 0 Å². The van der Waals surface area contributed by atoms with Crippen molar-refractivity contribution in [1.82, 2.24) is 4.90 Å². The second-order valence-electron chi connectivity index (χ2n) is 2.47. The Morgan fingerprint density at radius 1 is 1.71 bits per heavy atom. The molecule has 0 aromatic carbocycles. The van der Waals surface area contributed by atoms with E-state index in [2.05, 4.69) is 18.9 Å². The van der Waals surface area contributed by atoms with Gasteiger partial charge in [-0.1, -0.05) is 6.92 Å². The van der Waals surface area contributed by atoms with E-state index in [1.165, 1.54) is 19.5 Å². The Hall–Kier alpha value is -0.0400. The van der Waals surface area contributed by atoms with Gasteiger partial charge in [0.15, 0.2) is 0 Å². The monoisotopic (exact) mass is 98.1 g/mol. The van der Waals surface area contributed by atoms with Crippen molar-refractivity contribution in [2.24, 2.45) is 5.92 Å². The highest BCUT2D eigenvalue weighted by atomic mass is 15.1. The van der Waals surface area contributed by atoms with Crippen molar-refractivity contribution >= 4 is 0 Å². The molecule has 0 saturated carbocycles. The van der Waals surface area contributed by atoms with Gasteiger partial charge in [-0.05, 0) is 25.4 Å². The highest BCUT2D eigenvalue weighted by molar-refractivity contribution is 4.70. The van der Waals surface area contributed by atoms with Crippen molar-refractivity contribution in [1.29, 1.82) is 0 Å². The number of nitrogens with zero attached hydrogens (tertiary/aromatic N) is 1. The summed E-state index contributed by atoms with van der Waals surface area (Å²) in [4.78, 5) is 2.13. The third-order valence-corrected chi connectivity index (χ3v) is 1.51. The van der Waals surface area contributed by atoms with Gasteiger partial charge in [0, 0.05) is 0 Å². The fourth-order valence-electron chi connectivity index (χ4n) is 1.03. The molecule has 1 aliphatic heterocycles. The number of hydrogen-bond acceptors (Lipinski definition) is 1. The van der Waals surface area contributed by atoms with Gasteiger partial charge >= 0.3 is 0 Å². The SMILES string of the molecule is [CH2-]N1CC[C@@H](C)C1. The summed E-state index contributed by atoms with van der Waals surface area (Å²) in [5.74, 6) is 0.887. The maximum absolute atomic E-state index is 3.82. The topological polar surface area (TPSA) is 3.24 Å². The summed E-state index contributed by atoms with van der Waals surface area (Å²) in [6.07, 6.45) is 1.34. The van der Waals surface area contributed by atoms with Crippen molar-refractivity contribution in [2.75, 3.05) is 13.1 Å². The molecule has 1 atom stereocenters. The minimum atomic E-state index is 0.887. The molecule has 0 aromatic heterocycles. The molecule has 0 N–H and O–H groups in total. The van der Waals surface area contributed by atoms with Crippen LogP contribution in [0.5, 0.6) is 0 Å². The molecule has 42 valence electrons. The second-order valence-corrected chi connectivity index (χ2v) is 2.47. The molecule has 1 heteroatoms. The molecule has 7 heavy (non-hydrogen) atoms. The molecule has 1 aliphatic rings. The standard InChI is InChI=1S/C6H12N/c1-6-3-4-7(2)5-6/h6H,2-5H2,1H3/q-1/t6-/m1/s1. The lowest BCUT2D eigenvalue weighted by Crippen LogP contribution is -2.09. The van der Waals surface area contributed by atoms with Crippen molar-refractivity contribution in [3.05, 3.63) is 7.05 Å². The van der Waals surface area contributed by atoms with Crippen molar-refractivity contribution < 1.29 is 0 Å². The van der Waals surface area contributed by atoms with Crippen LogP contribution >= 0.6 is 0 Å². The smallest absolute Gasteiger partial charge is 0.0277 e. The summed E-state index contributed by atoms with van der Waals surface area (Å²) < 4.78 is 0. The zero-order chi connectivity index (χ0) is 5.28. The first kappa shape index (κ1) is 5.10. The summed E-state index contributed by atoms with van der Waals surface area (Å²) in [6, 6.07) is 0. The molecule has 0 spiro atoms. The Morgan fingerprint density at radius 2 is 2.43 bits per heavy atom. The zero-order valence-corrected chi connectivity index (χ0v) is 4.85. The molecule has 0 bridgehead atoms. The number of rotatable bonds is 0. The summed E-state index contributed by atoms with van der Waals surface area (Å²) >= 11 is 0. The van der Waals surface area contributed by atoms with Crippen LogP contribution in [0.15, 0.2) is 0 Å². The van der Waals surface area contributed by atoms with Gasteiger partial charge < -0.3 is 4.90 Å². The fourth-order valence-corrected chi connectivity index (χ4v) is 1.03. The predicted octanol–water partition coefficient (Wildman–Crippen LogP) is 1.12. The van der Waals surface area contributed by atoms with Crippen molar-refractivity contribution in [3.8, 4) is 0 Å². The quantitative estimate of drug-likeness (QED) is 0.410. The molecule has 1 heterocycles. The van der Waals surface area contributed by atoms with Gasteiger partial charge in [-0.2, -0.15) is 0 Å². The molecule has 1 nitrogen and oxygen atoms in total. The lowest BCUT2D eigenvalue weighted by Gasteiger charge is -2.14. The maximum Gasteiger partial charge on any atom is -0.0277 e. The van der Waals surface area contributed by atoms with Gasteiger partial charge in [0.2, 0.25) is 0 Å². The summed E-state index contributed by atoms with van der Waals surface area (Å²) in [5.41, 5.74) is 0. The maximum atomic E-state index is 3.82. The van der Waals surface area contributed by atoms with E-state index in [1.54, 1.807) is 0 Å². The van der Waals surface area contributed by atoms with E-state index in [1.807, 2.05) is 0 Å². The van der Waals surface area contributed by atoms with Crippen molar-refractivity contribution in [2.45, 2.75) is 13.3 Å². The average molecular weight is 98.2 g/mol. The van der Waals surface area contributed by atoms with Crippen LogP contribution in [-0.4, -0.2) is 18.0 Å². The first-order valence-corrected chi connectivity index (χ1v) is 2.84. The van der Waals surface area contributed by atoms with Crippen LogP contribution in [-0.2, 0) is 0 Å². The van der Waals surface area contributed by atoms with E-state index in [-0.39, 0.29) is 0 Å². The highest BCUT2D eigenvalue weighted by Crippen LogP contribution is 2.12. The van der Waals surface area contributed by atoms with Gasteiger partial charge in [0.05, 0.1) is 0 Å². The molecule has 0 aliphatic carbocycles. The number of likely N-dealkylation sites (tertiary alicyclic amines) is 1. The molecule has 0 aromatic rings. The lowest BCUT2D eigenvalue weighted by molar-refractivity contribution is 0.442. The van der Waals surface area contributed by atoms with Crippen LogP contribution in [0.3, 0.4) is 0 Å². The van der Waals surface area contributed by atoms with Gasteiger partial charge in [-0.25, -0.2) is 0 Å². The fraction of sp³-hybridized carbons (Fsp3) is 0.833. The van der Waals surface area contributed by atoms with E-state index < -0.39 is 0 Å². The van der Waals surface area contributed by atoms with Gasteiger partial charge in [-0.15, -0.1) is 0 Å². The van der Waals surface area contributed by atoms with E-state index in [0.717, 1.165) is 5.92 Å². The molecular formula is C6H12N-. The highest BCUT2D eigenvalue weighted by Gasteiger charge is 2.08. The van der Waals surface area contributed by atoms with E-state index in [0.29, 0.717) is 0 Å². The van der Waals surface area contributed by atoms with Gasteiger partial charge in [0.1, 0.15) is 0 Å². The van der Waals surface area contributed by atoms with Crippen LogP contribution in [0.1, 0.15) is 13.3 Å². The first-order valence-electron chi connectivity index (χ1n) is 2.84. The largest absolute Gasteiger partial charge is 0.459 e. The Bertz CT molecular complexity index is 53.2. The molecule has 0 amide bonds. The summed E-state index contributed by atoms with van der Waals surface area (Å²) in [7, 11) is 3.82. The summed E-state index contributed by atoms with van der Waals surface area (Å²) in [5, 5.41) is 0. The van der Waals surface area contributed by atoms with E-state index in [9.17, 15) is 0 Å². The molecular weight excluding hydrogens is 86.1 g/mol. The second kappa shape index (κ2) is 1.83. The Morgan fingerprint density at radius 3 is 2.57 bits per heavy atom. The minimum Gasteiger partial charge on any atom is -0.459 e. The van der Waals surface area contributed by atoms with E-state index in [4.69, 9.17) is 0 Å². The van der Waals surface area contributed by atoms with Crippen LogP contribution in [0.2, 0.25) is 0 Å². The molecule has 0 unspecified atom stereocenters. The Balaban J connectivity index is 2.26. The predicted molar refractivity (Wildman–Crippen MR) is 30.7 cm³/mol. The molecule has 1 fully saturated rings. The lowest BCUT2D eigenvalue weighted by atomic mass is 10.2. The van der Waals surface area contributed by atoms with Crippen LogP contribution in [0.25, 0.3) is 0 Å². The van der Waals surface area contributed by atoms with Gasteiger partial charge in [-0.3, -0.25) is 7.05 Å². The van der Waals surface area contributed by atoms with Crippen LogP contribution in [0, 0.1) is 13.0 Å². The zero-order valence-electron chi connectivity index (χ0n) is 4.85. The molecule has 1 saturated heterocycles. The first-order chi connectivity index (χ1) is 3.29. The summed E-state index contributed by atoms with van der Waals surface area (Å²) in [6.45, 7) is 4.66. The number of hydrogen-bond donors (Lipinski definition) is 0. The van der Waals surface area contributed by atoms with Crippen molar-refractivity contribution in [3.63, 3.8) is 0 Å². The molecule has 0 radical (unpaired) electrons. The molecule has 1 rings (SSSR count). The normalized spacial score (nSPS) is 34.3. The Labute approximate surface area is 45.3 Å². The average Bonchev–Trinajstić information content (AvgIpc) is 1.87. The minimum absolute atomic E-state index is 0.887. The third-order valence-electron chi connectivity index (χ3n) is 1.51. The van der Waals surface area contributed by atoms with Crippen LogP contribution < -0.4 is 0 Å². The van der Waals surface area contributed by atoms with E-state index >= 15 is 0 Å². The third kappa shape index (κ3) is 1.16. The van der Waals surface area contributed by atoms with Gasteiger partial charge in [0.25, 0.3) is 0 Å². The Kier molecular flexibility index (Phi) is 1.33.